The van der Waals surface area contributed by atoms with E-state index in [1.807, 2.05) is 18.2 Å². The topological polar surface area (TPSA) is 65.1 Å². The minimum atomic E-state index is -0.333. The van der Waals surface area contributed by atoms with Crippen LogP contribution >= 0.6 is 39.3 Å². The van der Waals surface area contributed by atoms with Crippen LogP contribution in [0.25, 0.3) is 6.08 Å². The highest BCUT2D eigenvalue weighted by atomic mass is 79.9. The summed E-state index contributed by atoms with van der Waals surface area (Å²) in [4.78, 5) is 26.1. The van der Waals surface area contributed by atoms with Gasteiger partial charge >= 0.3 is 0 Å². The van der Waals surface area contributed by atoms with Crippen LogP contribution < -0.4 is 9.47 Å². The largest absolute Gasteiger partial charge is 0.493 e. The number of imide groups is 1. The van der Waals surface area contributed by atoms with E-state index in [9.17, 15) is 9.59 Å². The van der Waals surface area contributed by atoms with Gasteiger partial charge in [-0.25, -0.2) is 0 Å². The second-order valence-electron chi connectivity index (χ2n) is 6.28. The number of hydrogen-bond donors (Lipinski definition) is 0. The highest BCUT2D eigenvalue weighted by Gasteiger charge is 2.34. The SMILES string of the molecule is COCCN1C(=O)S/C(=C/c2cc(Br)c(OCc3ccc(Cl)cc3)c(OC)c2)C1=O. The number of ether oxygens (including phenoxy) is 3. The van der Waals surface area contributed by atoms with Crippen LogP contribution in [-0.2, 0) is 16.1 Å². The van der Waals surface area contributed by atoms with Gasteiger partial charge in [0.25, 0.3) is 11.1 Å². The Balaban J connectivity index is 1.79. The maximum Gasteiger partial charge on any atom is 0.293 e. The molecule has 30 heavy (non-hydrogen) atoms. The molecule has 3 rings (SSSR count). The zero-order valence-electron chi connectivity index (χ0n) is 16.3. The monoisotopic (exact) mass is 511 g/mol. The second kappa shape index (κ2) is 10.3. The number of hydrogen-bond acceptors (Lipinski definition) is 6. The van der Waals surface area contributed by atoms with Crippen molar-refractivity contribution in [1.29, 1.82) is 0 Å². The van der Waals surface area contributed by atoms with Crippen LogP contribution in [0.4, 0.5) is 4.79 Å². The number of carbonyl (C=O) groups is 2. The molecule has 0 spiro atoms. The molecule has 1 fully saturated rings. The van der Waals surface area contributed by atoms with Gasteiger partial charge in [-0.05, 0) is 69.2 Å². The van der Waals surface area contributed by atoms with Crippen molar-refractivity contribution < 1.29 is 23.8 Å². The van der Waals surface area contributed by atoms with Crippen LogP contribution in [0, 0.1) is 0 Å². The van der Waals surface area contributed by atoms with Gasteiger partial charge in [0.15, 0.2) is 11.5 Å². The maximum atomic E-state index is 12.5. The highest BCUT2D eigenvalue weighted by Crippen LogP contribution is 2.39. The van der Waals surface area contributed by atoms with Gasteiger partial charge < -0.3 is 14.2 Å². The molecule has 2 aromatic rings. The normalized spacial score (nSPS) is 15.2. The molecule has 0 aromatic heterocycles. The van der Waals surface area contributed by atoms with E-state index in [0.717, 1.165) is 17.3 Å². The summed E-state index contributed by atoms with van der Waals surface area (Å²) in [6.45, 7) is 0.858. The lowest BCUT2D eigenvalue weighted by molar-refractivity contribution is -0.123. The zero-order chi connectivity index (χ0) is 21.7. The maximum absolute atomic E-state index is 12.5. The Morgan fingerprint density at radius 2 is 1.90 bits per heavy atom. The predicted octanol–water partition coefficient (Wildman–Crippen LogP) is 5.37. The number of benzene rings is 2. The Labute approximate surface area is 192 Å². The molecule has 6 nitrogen and oxygen atoms in total. The lowest BCUT2D eigenvalue weighted by atomic mass is 10.1. The third-order valence-corrected chi connectivity index (χ3v) is 5.99. The number of thioether (sulfide) groups is 1. The van der Waals surface area contributed by atoms with Gasteiger partial charge in [-0.2, -0.15) is 0 Å². The molecule has 158 valence electrons. The van der Waals surface area contributed by atoms with Crippen molar-refractivity contribution >= 4 is 56.5 Å². The van der Waals surface area contributed by atoms with E-state index >= 15 is 0 Å². The van der Waals surface area contributed by atoms with Gasteiger partial charge in [-0.15, -0.1) is 0 Å². The summed E-state index contributed by atoms with van der Waals surface area (Å²) in [5, 5.41) is 0.353. The van der Waals surface area contributed by atoms with Gasteiger partial charge in [0.05, 0.1) is 29.6 Å². The summed E-state index contributed by atoms with van der Waals surface area (Å²) in [6.07, 6.45) is 1.66. The average Bonchev–Trinajstić information content (AvgIpc) is 2.99. The summed E-state index contributed by atoms with van der Waals surface area (Å²) in [5.41, 5.74) is 1.66. The second-order valence-corrected chi connectivity index (χ2v) is 8.56. The number of halogens is 2. The molecule has 2 amide bonds. The van der Waals surface area contributed by atoms with Crippen molar-refractivity contribution in [2.75, 3.05) is 27.4 Å². The number of methoxy groups -OCH3 is 2. The molecule has 0 atom stereocenters. The minimum Gasteiger partial charge on any atom is -0.493 e. The number of amides is 2. The van der Waals surface area contributed by atoms with Crippen LogP contribution in [0.3, 0.4) is 0 Å². The Kier molecular flexibility index (Phi) is 7.82. The Bertz CT molecular complexity index is 980. The minimum absolute atomic E-state index is 0.225. The molecular weight excluding hydrogens is 494 g/mol. The number of nitrogens with zero attached hydrogens (tertiary/aromatic N) is 1. The summed E-state index contributed by atoms with van der Waals surface area (Å²) in [6, 6.07) is 10.9. The first kappa shape index (κ1) is 22.7. The van der Waals surface area contributed by atoms with Crippen LogP contribution in [0.1, 0.15) is 11.1 Å². The first-order valence-electron chi connectivity index (χ1n) is 8.92. The van der Waals surface area contributed by atoms with Crippen LogP contribution in [0.15, 0.2) is 45.8 Å². The summed E-state index contributed by atoms with van der Waals surface area (Å²) in [7, 11) is 3.06. The van der Waals surface area contributed by atoms with E-state index in [1.54, 1.807) is 31.4 Å². The molecular formula is C21H19BrClNO5S. The Hall–Kier alpha value is -2.00. The highest BCUT2D eigenvalue weighted by molar-refractivity contribution is 9.10. The quantitative estimate of drug-likeness (QED) is 0.443. The molecule has 1 saturated heterocycles. The van der Waals surface area contributed by atoms with Gasteiger partial charge in [0.2, 0.25) is 0 Å². The third kappa shape index (κ3) is 5.37. The van der Waals surface area contributed by atoms with Crippen molar-refractivity contribution in [2.45, 2.75) is 6.61 Å². The molecule has 0 radical (unpaired) electrons. The van der Waals surface area contributed by atoms with Crippen molar-refractivity contribution in [3.63, 3.8) is 0 Å². The van der Waals surface area contributed by atoms with E-state index in [-0.39, 0.29) is 17.7 Å². The fourth-order valence-electron chi connectivity index (χ4n) is 2.73. The van der Waals surface area contributed by atoms with Gasteiger partial charge in [-0.1, -0.05) is 23.7 Å². The lowest BCUT2D eigenvalue weighted by Crippen LogP contribution is -2.31. The Morgan fingerprint density at radius 3 is 2.57 bits per heavy atom. The molecule has 0 unspecified atom stereocenters. The molecule has 1 aliphatic heterocycles. The van der Waals surface area contributed by atoms with Crippen molar-refractivity contribution in [3.05, 3.63) is 61.9 Å². The van der Waals surface area contributed by atoms with E-state index in [0.29, 0.717) is 44.7 Å². The standard InChI is InChI=1S/C21H19BrClNO5S/c1-27-8-7-24-20(25)18(30-21(24)26)11-14-9-16(22)19(17(10-14)28-2)29-12-13-3-5-15(23)6-4-13/h3-6,9-11H,7-8,12H2,1-2H3/b18-11+. The first-order chi connectivity index (χ1) is 14.4. The fourth-order valence-corrected chi connectivity index (χ4v) is 4.29. The summed E-state index contributed by atoms with van der Waals surface area (Å²) >= 11 is 10.3. The van der Waals surface area contributed by atoms with Crippen molar-refractivity contribution in [2.24, 2.45) is 0 Å². The van der Waals surface area contributed by atoms with Crippen molar-refractivity contribution in [1.82, 2.24) is 4.90 Å². The zero-order valence-corrected chi connectivity index (χ0v) is 19.5. The summed E-state index contributed by atoms with van der Waals surface area (Å²) in [5.74, 6) is 0.709. The molecule has 0 aliphatic carbocycles. The number of carbonyl (C=O) groups excluding carboxylic acids is 2. The van der Waals surface area contributed by atoms with E-state index in [2.05, 4.69) is 15.9 Å². The fraction of sp³-hybridized carbons (Fsp3) is 0.238. The smallest absolute Gasteiger partial charge is 0.293 e. The Morgan fingerprint density at radius 1 is 1.17 bits per heavy atom. The molecule has 0 bridgehead atoms. The van der Waals surface area contributed by atoms with E-state index in [4.69, 9.17) is 25.8 Å². The first-order valence-corrected chi connectivity index (χ1v) is 10.9. The molecule has 0 saturated carbocycles. The lowest BCUT2D eigenvalue weighted by Gasteiger charge is -2.14. The van der Waals surface area contributed by atoms with Gasteiger partial charge in [-0.3, -0.25) is 14.5 Å². The summed E-state index contributed by atoms with van der Waals surface area (Å²) < 4.78 is 17.0. The van der Waals surface area contributed by atoms with Crippen LogP contribution in [0.5, 0.6) is 11.5 Å². The van der Waals surface area contributed by atoms with E-state index < -0.39 is 0 Å². The van der Waals surface area contributed by atoms with Gasteiger partial charge in [0.1, 0.15) is 6.61 Å². The predicted molar refractivity (Wildman–Crippen MR) is 121 cm³/mol. The third-order valence-electron chi connectivity index (χ3n) is 4.24. The molecule has 9 heteroatoms. The van der Waals surface area contributed by atoms with Crippen LogP contribution in [-0.4, -0.2) is 43.4 Å². The molecule has 0 N–H and O–H groups in total. The van der Waals surface area contributed by atoms with Crippen molar-refractivity contribution in [3.8, 4) is 11.5 Å². The molecule has 1 heterocycles. The van der Waals surface area contributed by atoms with Gasteiger partial charge in [0, 0.05) is 12.1 Å². The molecule has 2 aromatic carbocycles. The number of rotatable bonds is 8. The average molecular weight is 513 g/mol. The van der Waals surface area contributed by atoms with E-state index in [1.165, 1.54) is 12.0 Å². The van der Waals surface area contributed by atoms with Crippen LogP contribution in [0.2, 0.25) is 5.02 Å². The molecule has 1 aliphatic rings.